The van der Waals surface area contributed by atoms with Crippen LogP contribution in [0.4, 0.5) is 0 Å². The summed E-state index contributed by atoms with van der Waals surface area (Å²) in [6.07, 6.45) is 4.37. The Balaban J connectivity index is 1.74. The normalized spacial score (nSPS) is 16.1. The zero-order valence-electron chi connectivity index (χ0n) is 19.8. The van der Waals surface area contributed by atoms with Gasteiger partial charge in [0.15, 0.2) is 5.11 Å². The third-order valence-electron chi connectivity index (χ3n) is 6.34. The van der Waals surface area contributed by atoms with E-state index in [0.29, 0.717) is 11.7 Å². The number of pyridine rings is 1. The predicted molar refractivity (Wildman–Crippen MR) is 136 cm³/mol. The summed E-state index contributed by atoms with van der Waals surface area (Å²) in [5.74, 6) is 0. The molecule has 1 aliphatic rings. The number of hydrogen-bond donors (Lipinski definition) is 2. The molecule has 1 aliphatic heterocycles. The Morgan fingerprint density at radius 1 is 1.22 bits per heavy atom. The van der Waals surface area contributed by atoms with Gasteiger partial charge in [-0.2, -0.15) is 0 Å². The SMILES string of the molecule is CCc1ccc2[nH]c(=O)c(CN(CCCN(CC)CC)C(=S)NC[C@@H]3CCCO3)cc2c1. The fourth-order valence-corrected chi connectivity index (χ4v) is 4.48. The van der Waals surface area contributed by atoms with Crippen LogP contribution in [0.3, 0.4) is 0 Å². The van der Waals surface area contributed by atoms with Gasteiger partial charge in [-0.25, -0.2) is 0 Å². The highest BCUT2D eigenvalue weighted by Gasteiger charge is 2.18. The van der Waals surface area contributed by atoms with Gasteiger partial charge in [-0.1, -0.05) is 26.8 Å². The first kappa shape index (κ1) is 24.7. The highest BCUT2D eigenvalue weighted by atomic mass is 32.1. The van der Waals surface area contributed by atoms with Gasteiger partial charge in [0.05, 0.1) is 12.6 Å². The van der Waals surface area contributed by atoms with E-state index in [0.717, 1.165) is 81.5 Å². The molecule has 2 N–H and O–H groups in total. The lowest BCUT2D eigenvalue weighted by atomic mass is 10.1. The number of nitrogens with zero attached hydrogens (tertiary/aromatic N) is 2. The lowest BCUT2D eigenvalue weighted by Crippen LogP contribution is -2.44. The zero-order valence-corrected chi connectivity index (χ0v) is 20.6. The molecule has 2 aromatic rings. The molecule has 1 saturated heterocycles. The van der Waals surface area contributed by atoms with Gasteiger partial charge in [0, 0.05) is 30.8 Å². The second-order valence-corrected chi connectivity index (χ2v) is 8.91. The molecule has 7 heteroatoms. The van der Waals surface area contributed by atoms with Gasteiger partial charge < -0.3 is 24.8 Å². The number of aromatic amines is 1. The molecule has 1 aromatic heterocycles. The molecule has 32 heavy (non-hydrogen) atoms. The topological polar surface area (TPSA) is 60.6 Å². The highest BCUT2D eigenvalue weighted by Crippen LogP contribution is 2.16. The van der Waals surface area contributed by atoms with Crippen LogP contribution in [0.15, 0.2) is 29.1 Å². The molecule has 0 saturated carbocycles. The molecular weight excluding hydrogens is 420 g/mol. The highest BCUT2D eigenvalue weighted by molar-refractivity contribution is 7.80. The van der Waals surface area contributed by atoms with Crippen LogP contribution in [0.5, 0.6) is 0 Å². The van der Waals surface area contributed by atoms with Gasteiger partial charge in [-0.3, -0.25) is 4.79 Å². The molecule has 3 rings (SSSR count). The third kappa shape index (κ3) is 6.77. The maximum Gasteiger partial charge on any atom is 0.253 e. The summed E-state index contributed by atoms with van der Waals surface area (Å²) < 4.78 is 5.73. The maximum atomic E-state index is 12.8. The van der Waals surface area contributed by atoms with Gasteiger partial charge in [0.1, 0.15) is 0 Å². The summed E-state index contributed by atoms with van der Waals surface area (Å²) in [6.45, 7) is 12.5. The van der Waals surface area contributed by atoms with E-state index in [1.807, 2.05) is 12.1 Å². The number of benzene rings is 1. The van der Waals surface area contributed by atoms with Crippen LogP contribution >= 0.6 is 12.2 Å². The van der Waals surface area contributed by atoms with Crippen molar-refractivity contribution in [3.05, 3.63) is 45.7 Å². The van der Waals surface area contributed by atoms with Crippen LogP contribution in [0.2, 0.25) is 0 Å². The van der Waals surface area contributed by atoms with Gasteiger partial charge in [0.25, 0.3) is 5.56 Å². The predicted octanol–water partition coefficient (Wildman–Crippen LogP) is 3.68. The largest absolute Gasteiger partial charge is 0.376 e. The first-order valence-corrected chi connectivity index (χ1v) is 12.5. The lowest BCUT2D eigenvalue weighted by molar-refractivity contribution is 0.113. The van der Waals surface area contributed by atoms with Crippen LogP contribution in [-0.4, -0.2) is 65.3 Å². The van der Waals surface area contributed by atoms with Crippen molar-refractivity contribution in [2.75, 3.05) is 39.3 Å². The van der Waals surface area contributed by atoms with Crippen LogP contribution in [0.25, 0.3) is 10.9 Å². The fourth-order valence-electron chi connectivity index (χ4n) is 4.24. The average molecular weight is 459 g/mol. The molecule has 0 amide bonds. The molecule has 0 unspecified atom stereocenters. The summed E-state index contributed by atoms with van der Waals surface area (Å²) in [5.41, 5.74) is 2.84. The van der Waals surface area contributed by atoms with Gasteiger partial charge in [-0.05, 0) is 86.7 Å². The second kappa shape index (κ2) is 12.3. The van der Waals surface area contributed by atoms with E-state index < -0.39 is 0 Å². The molecular formula is C25H38N4O2S. The van der Waals surface area contributed by atoms with E-state index in [-0.39, 0.29) is 11.7 Å². The van der Waals surface area contributed by atoms with Crippen molar-refractivity contribution in [1.82, 2.24) is 20.1 Å². The number of nitrogens with one attached hydrogen (secondary N) is 2. The minimum Gasteiger partial charge on any atom is -0.376 e. The molecule has 0 aliphatic carbocycles. The summed E-state index contributed by atoms with van der Waals surface area (Å²) in [4.78, 5) is 20.4. The maximum absolute atomic E-state index is 12.8. The number of thiocarbonyl (C=S) groups is 1. The monoisotopic (exact) mass is 458 g/mol. The molecule has 6 nitrogen and oxygen atoms in total. The Kier molecular flexibility index (Phi) is 9.51. The van der Waals surface area contributed by atoms with Gasteiger partial charge >= 0.3 is 0 Å². The Labute approximate surface area is 197 Å². The molecule has 1 aromatic carbocycles. The molecule has 0 bridgehead atoms. The molecule has 176 valence electrons. The first-order chi connectivity index (χ1) is 15.5. The van der Waals surface area contributed by atoms with Crippen molar-refractivity contribution in [2.45, 2.75) is 59.1 Å². The van der Waals surface area contributed by atoms with Crippen LogP contribution in [-0.2, 0) is 17.7 Å². The Morgan fingerprint density at radius 2 is 2.03 bits per heavy atom. The van der Waals surface area contributed by atoms with E-state index in [2.05, 4.69) is 53.0 Å². The summed E-state index contributed by atoms with van der Waals surface area (Å²) in [6, 6.07) is 8.25. The number of ether oxygens (including phenoxy) is 1. The smallest absolute Gasteiger partial charge is 0.253 e. The molecule has 0 spiro atoms. The summed E-state index contributed by atoms with van der Waals surface area (Å²) in [5, 5.41) is 5.16. The minimum atomic E-state index is -0.0441. The molecule has 0 radical (unpaired) electrons. The average Bonchev–Trinajstić information content (AvgIpc) is 3.33. The number of H-pyrrole nitrogens is 1. The fraction of sp³-hybridized carbons (Fsp3) is 0.600. The first-order valence-electron chi connectivity index (χ1n) is 12.1. The van der Waals surface area contributed by atoms with E-state index in [4.69, 9.17) is 17.0 Å². The Hall–Kier alpha value is -1.96. The number of hydrogen-bond acceptors (Lipinski definition) is 4. The van der Waals surface area contributed by atoms with Crippen molar-refractivity contribution < 1.29 is 4.74 Å². The zero-order chi connectivity index (χ0) is 22.9. The van der Waals surface area contributed by atoms with Crippen LogP contribution in [0.1, 0.15) is 51.2 Å². The summed E-state index contributed by atoms with van der Waals surface area (Å²) in [7, 11) is 0. The van der Waals surface area contributed by atoms with Gasteiger partial charge in [0.2, 0.25) is 0 Å². The van der Waals surface area contributed by atoms with E-state index in [1.165, 1.54) is 5.56 Å². The van der Waals surface area contributed by atoms with Crippen molar-refractivity contribution >= 4 is 28.2 Å². The van der Waals surface area contributed by atoms with E-state index in [1.54, 1.807) is 0 Å². The number of aromatic nitrogens is 1. The molecule has 1 fully saturated rings. The molecule has 1 atom stereocenters. The van der Waals surface area contributed by atoms with Gasteiger partial charge in [-0.15, -0.1) is 0 Å². The van der Waals surface area contributed by atoms with Crippen molar-refractivity contribution in [3.8, 4) is 0 Å². The quantitative estimate of drug-likeness (QED) is 0.501. The van der Waals surface area contributed by atoms with E-state index in [9.17, 15) is 4.79 Å². The second-order valence-electron chi connectivity index (χ2n) is 8.52. The third-order valence-corrected chi connectivity index (χ3v) is 6.75. The van der Waals surface area contributed by atoms with Crippen molar-refractivity contribution in [3.63, 3.8) is 0 Å². The lowest BCUT2D eigenvalue weighted by Gasteiger charge is -2.28. The summed E-state index contributed by atoms with van der Waals surface area (Å²) >= 11 is 5.76. The number of rotatable bonds is 11. The van der Waals surface area contributed by atoms with Crippen molar-refractivity contribution in [1.29, 1.82) is 0 Å². The van der Waals surface area contributed by atoms with Crippen LogP contribution < -0.4 is 10.9 Å². The number of aryl methyl sites for hydroxylation is 1. The van der Waals surface area contributed by atoms with Crippen LogP contribution in [0, 0.1) is 0 Å². The number of fused-ring (bicyclic) bond motifs is 1. The van der Waals surface area contributed by atoms with E-state index >= 15 is 0 Å². The molecule has 2 heterocycles. The Bertz CT molecular complexity index is 935. The Morgan fingerprint density at radius 3 is 2.72 bits per heavy atom. The minimum absolute atomic E-state index is 0.0441. The van der Waals surface area contributed by atoms with Crippen molar-refractivity contribution in [2.24, 2.45) is 0 Å². The standard InChI is InChI=1S/C25H38N4O2S/c1-4-19-10-11-23-20(15-19)16-21(24(30)27-23)18-29(13-8-12-28(5-2)6-3)25(32)26-17-22-9-7-14-31-22/h10-11,15-16,22H,4-9,12-14,17-18H2,1-3H3,(H,26,32)(H,27,30)/t22-/m0/s1.